The summed E-state index contributed by atoms with van der Waals surface area (Å²) in [6.07, 6.45) is -2.38. The van der Waals surface area contributed by atoms with Gasteiger partial charge in [-0.2, -0.15) is 10.1 Å². The van der Waals surface area contributed by atoms with Crippen LogP contribution in [-0.4, -0.2) is 38.8 Å². The summed E-state index contributed by atoms with van der Waals surface area (Å²) in [5.41, 5.74) is 4.68. The second-order valence-electron chi connectivity index (χ2n) is 8.56. The number of para-hydroxylation sites is 3. The first-order valence-electron chi connectivity index (χ1n) is 11.2. The Labute approximate surface area is 212 Å². The monoisotopic (exact) mass is 524 g/mol. The number of anilines is 1. The molecule has 5 rings (SSSR count). The summed E-state index contributed by atoms with van der Waals surface area (Å²) < 4.78 is 49.1. The van der Waals surface area contributed by atoms with Gasteiger partial charge in [-0.25, -0.2) is 9.97 Å². The van der Waals surface area contributed by atoms with Crippen molar-refractivity contribution in [1.29, 1.82) is 0 Å². The quantitative estimate of drug-likeness (QED) is 0.388. The minimum absolute atomic E-state index is 0.229. The second kappa shape index (κ2) is 9.18. The van der Waals surface area contributed by atoms with E-state index in [-0.39, 0.29) is 29.4 Å². The number of hydrogen-bond acceptors (Lipinski definition) is 7. The van der Waals surface area contributed by atoms with Crippen LogP contribution in [0.1, 0.15) is 18.9 Å². The third kappa shape index (κ3) is 4.49. The van der Waals surface area contributed by atoms with Crippen LogP contribution >= 0.6 is 0 Å². The zero-order valence-corrected chi connectivity index (χ0v) is 19.7. The Morgan fingerprint density at radius 3 is 2.53 bits per heavy atom. The lowest BCUT2D eigenvalue weighted by Crippen LogP contribution is -2.51. The number of carbonyl (C=O) groups is 2. The number of alkyl halides is 3. The van der Waals surface area contributed by atoms with Crippen molar-refractivity contribution < 1.29 is 32.2 Å². The standard InChI is InChI=1S/C25H19F3N6O4/c1-24(15-6-2-4-8-17(15)37-23-14-10-11-30-22(14)31-13-32-23)12-19(35)34(33-20(24)21(29)36)16-7-3-5-9-18(16)38-25(26,27)28/h2-11,13H,12H2,1H3,(H2,29,36)(H,30,31,32). The first-order chi connectivity index (χ1) is 18.1. The number of aromatic nitrogens is 3. The largest absolute Gasteiger partial charge is 0.573 e. The number of hydrazone groups is 1. The minimum atomic E-state index is -5.01. The number of nitrogens with two attached hydrogens (primary N) is 1. The molecule has 1 aliphatic heterocycles. The molecule has 0 bridgehead atoms. The van der Waals surface area contributed by atoms with Gasteiger partial charge in [-0.3, -0.25) is 9.59 Å². The molecule has 2 amide bonds. The van der Waals surface area contributed by atoms with Gasteiger partial charge in [-0.15, -0.1) is 13.2 Å². The van der Waals surface area contributed by atoms with Crippen LogP contribution in [0.2, 0.25) is 0 Å². The molecule has 13 heteroatoms. The molecule has 2 aromatic carbocycles. The van der Waals surface area contributed by atoms with Crippen molar-refractivity contribution in [2.24, 2.45) is 10.8 Å². The Hall–Kier alpha value is -4.94. The number of nitrogens with zero attached hydrogens (tertiary/aromatic N) is 4. The summed E-state index contributed by atoms with van der Waals surface area (Å²) in [5, 5.41) is 5.43. The van der Waals surface area contributed by atoms with Crippen LogP contribution in [0.25, 0.3) is 11.0 Å². The van der Waals surface area contributed by atoms with E-state index in [0.29, 0.717) is 21.6 Å². The molecule has 4 aromatic rings. The average molecular weight is 524 g/mol. The fourth-order valence-electron chi connectivity index (χ4n) is 4.35. The van der Waals surface area contributed by atoms with Crippen LogP contribution < -0.4 is 20.2 Å². The van der Waals surface area contributed by atoms with Crippen LogP contribution in [0.3, 0.4) is 0 Å². The summed E-state index contributed by atoms with van der Waals surface area (Å²) in [6.45, 7) is 1.58. The number of ether oxygens (including phenoxy) is 2. The van der Waals surface area contributed by atoms with Gasteiger partial charge < -0.3 is 20.2 Å². The number of halogens is 3. The van der Waals surface area contributed by atoms with Crippen molar-refractivity contribution in [3.8, 4) is 17.4 Å². The lowest BCUT2D eigenvalue weighted by atomic mass is 9.73. The normalized spacial score (nSPS) is 17.8. The number of H-pyrrole nitrogens is 1. The fraction of sp³-hybridized carbons (Fsp3) is 0.160. The molecule has 0 saturated carbocycles. The summed E-state index contributed by atoms with van der Waals surface area (Å²) in [5.74, 6) is -1.82. The predicted molar refractivity (Wildman–Crippen MR) is 130 cm³/mol. The van der Waals surface area contributed by atoms with Gasteiger partial charge in [-0.05, 0) is 31.2 Å². The lowest BCUT2D eigenvalue weighted by Gasteiger charge is -2.37. The molecule has 0 fully saturated rings. The first-order valence-corrected chi connectivity index (χ1v) is 11.2. The third-order valence-electron chi connectivity index (χ3n) is 6.02. The number of carbonyl (C=O) groups excluding carboxylic acids is 2. The molecule has 0 saturated heterocycles. The van der Waals surface area contributed by atoms with Gasteiger partial charge in [0.05, 0.1) is 10.8 Å². The maximum Gasteiger partial charge on any atom is 0.573 e. The lowest BCUT2D eigenvalue weighted by molar-refractivity contribution is -0.274. The van der Waals surface area contributed by atoms with E-state index in [2.05, 4.69) is 24.8 Å². The molecule has 3 N–H and O–H groups in total. The van der Waals surface area contributed by atoms with E-state index in [1.165, 1.54) is 24.5 Å². The zero-order valence-electron chi connectivity index (χ0n) is 19.7. The highest BCUT2D eigenvalue weighted by atomic mass is 19.4. The Morgan fingerprint density at radius 2 is 1.79 bits per heavy atom. The molecule has 194 valence electrons. The zero-order chi connectivity index (χ0) is 27.1. The number of hydrogen-bond donors (Lipinski definition) is 2. The molecule has 0 aliphatic carbocycles. The molecule has 38 heavy (non-hydrogen) atoms. The van der Waals surface area contributed by atoms with E-state index < -0.39 is 29.3 Å². The number of fused-ring (bicyclic) bond motifs is 1. The van der Waals surface area contributed by atoms with Crippen LogP contribution in [0.15, 0.2) is 72.2 Å². The summed E-state index contributed by atoms with van der Waals surface area (Å²) >= 11 is 0. The van der Waals surface area contributed by atoms with E-state index in [9.17, 15) is 22.8 Å². The molecule has 3 heterocycles. The van der Waals surface area contributed by atoms with Gasteiger partial charge in [-0.1, -0.05) is 30.3 Å². The van der Waals surface area contributed by atoms with Crippen molar-refractivity contribution in [2.75, 3.05) is 5.01 Å². The van der Waals surface area contributed by atoms with E-state index in [0.717, 1.165) is 6.07 Å². The average Bonchev–Trinajstić information content (AvgIpc) is 3.34. The number of amides is 2. The van der Waals surface area contributed by atoms with Crippen LogP contribution in [-0.2, 0) is 15.0 Å². The van der Waals surface area contributed by atoms with Gasteiger partial charge in [0.1, 0.15) is 29.1 Å². The molecular weight excluding hydrogens is 505 g/mol. The highest BCUT2D eigenvalue weighted by Crippen LogP contribution is 2.43. The number of nitrogens with one attached hydrogen (secondary N) is 1. The molecular formula is C25H19F3N6O4. The van der Waals surface area contributed by atoms with Gasteiger partial charge in [0.15, 0.2) is 5.75 Å². The Balaban J connectivity index is 1.59. The van der Waals surface area contributed by atoms with Crippen molar-refractivity contribution >= 4 is 34.2 Å². The number of benzene rings is 2. The Morgan fingerprint density at radius 1 is 1.08 bits per heavy atom. The third-order valence-corrected chi connectivity index (χ3v) is 6.02. The maximum atomic E-state index is 13.3. The topological polar surface area (TPSA) is 136 Å². The highest BCUT2D eigenvalue weighted by molar-refractivity contribution is 6.43. The van der Waals surface area contributed by atoms with Crippen LogP contribution in [0.4, 0.5) is 18.9 Å². The summed E-state index contributed by atoms with van der Waals surface area (Å²) in [4.78, 5) is 37.2. The van der Waals surface area contributed by atoms with E-state index in [4.69, 9.17) is 10.5 Å². The Bertz CT molecular complexity index is 1580. The maximum absolute atomic E-state index is 13.3. The Kier molecular flexibility index (Phi) is 5.97. The van der Waals surface area contributed by atoms with Crippen molar-refractivity contribution in [2.45, 2.75) is 25.1 Å². The minimum Gasteiger partial charge on any atom is -0.438 e. The van der Waals surface area contributed by atoms with Gasteiger partial charge in [0, 0.05) is 18.2 Å². The van der Waals surface area contributed by atoms with Gasteiger partial charge >= 0.3 is 6.36 Å². The SMILES string of the molecule is CC1(c2ccccc2Oc2ncnc3[nH]ccc23)CC(=O)N(c2ccccc2OC(F)(F)F)N=C1C(N)=O. The molecule has 2 aromatic heterocycles. The molecule has 0 spiro atoms. The highest BCUT2D eigenvalue weighted by Gasteiger charge is 2.46. The second-order valence-corrected chi connectivity index (χ2v) is 8.56. The van der Waals surface area contributed by atoms with Crippen molar-refractivity contribution in [1.82, 2.24) is 15.0 Å². The van der Waals surface area contributed by atoms with E-state index in [1.54, 1.807) is 43.5 Å². The molecule has 0 radical (unpaired) electrons. The fourth-order valence-corrected chi connectivity index (χ4v) is 4.35. The van der Waals surface area contributed by atoms with Crippen molar-refractivity contribution in [3.63, 3.8) is 0 Å². The number of rotatable bonds is 6. The van der Waals surface area contributed by atoms with Gasteiger partial charge in [0.25, 0.3) is 5.91 Å². The molecule has 1 aliphatic rings. The van der Waals surface area contributed by atoms with Crippen LogP contribution in [0.5, 0.6) is 17.4 Å². The predicted octanol–water partition coefficient (Wildman–Crippen LogP) is 4.18. The summed E-state index contributed by atoms with van der Waals surface area (Å²) in [7, 11) is 0. The van der Waals surface area contributed by atoms with Crippen LogP contribution in [0, 0.1) is 0 Å². The van der Waals surface area contributed by atoms with Crippen molar-refractivity contribution in [3.05, 3.63) is 72.7 Å². The smallest absolute Gasteiger partial charge is 0.438 e. The van der Waals surface area contributed by atoms with Gasteiger partial charge in [0.2, 0.25) is 11.8 Å². The first kappa shape index (κ1) is 24.7. The van der Waals surface area contributed by atoms with E-state index >= 15 is 0 Å². The number of aromatic amines is 1. The number of primary amides is 1. The summed E-state index contributed by atoms with van der Waals surface area (Å²) in [6, 6.07) is 13.4. The molecule has 1 unspecified atom stereocenters. The molecule has 10 nitrogen and oxygen atoms in total. The van der Waals surface area contributed by atoms with E-state index in [1.807, 2.05) is 0 Å². The molecule has 1 atom stereocenters.